The average Bonchev–Trinajstić information content (AvgIpc) is 3.25. The summed E-state index contributed by atoms with van der Waals surface area (Å²) in [5.74, 6) is -0.174. The van der Waals surface area contributed by atoms with Crippen LogP contribution in [0.4, 0.5) is 14.4 Å². The Morgan fingerprint density at radius 3 is 1.78 bits per heavy atom. The molecule has 2 atom stereocenters. The van der Waals surface area contributed by atoms with Crippen molar-refractivity contribution < 1.29 is 33.7 Å². The molecule has 0 radical (unpaired) electrons. The normalized spacial score (nSPS) is 14.6. The van der Waals surface area contributed by atoms with Gasteiger partial charge in [0.2, 0.25) is 5.96 Å². The van der Waals surface area contributed by atoms with Crippen molar-refractivity contribution in [1.29, 1.82) is 0 Å². The highest BCUT2D eigenvalue weighted by Crippen LogP contribution is 2.44. The Balaban J connectivity index is 1.57. The Hall–Kier alpha value is -4.12. The smallest absolute Gasteiger partial charge is 0.414 e. The van der Waals surface area contributed by atoms with Gasteiger partial charge in [0, 0.05) is 23.9 Å². The van der Waals surface area contributed by atoms with Gasteiger partial charge in [0.05, 0.1) is 6.61 Å². The van der Waals surface area contributed by atoms with E-state index < -0.39 is 40.9 Å². The lowest BCUT2D eigenvalue weighted by atomic mass is 9.79. The standard InChI is InChI=1S/C34H48N4O7/c1-22(36-29(40)43-20-27-25-16-11-9-14-23(25)24-15-10-12-17-26(24)27)34(8,21-39)18-13-19-35-28(37-30(41)44-32(2,3)4)38-31(42)45-33(5,6)7/h9-12,14-17,22,27,39H,13,18-21H2,1-8H3,(H,36,40)(H2,35,37,38,41,42). The zero-order valence-corrected chi connectivity index (χ0v) is 27.7. The fraction of sp³-hybridized carbons (Fsp3) is 0.529. The fourth-order valence-corrected chi connectivity index (χ4v) is 5.01. The maximum Gasteiger partial charge on any atom is 0.414 e. The Labute approximate surface area is 266 Å². The lowest BCUT2D eigenvalue weighted by Gasteiger charge is -2.34. The number of hydrogen-bond acceptors (Lipinski definition) is 8. The number of hydrogen-bond donors (Lipinski definition) is 4. The second kappa shape index (κ2) is 14.8. The van der Waals surface area contributed by atoms with Gasteiger partial charge >= 0.3 is 18.3 Å². The van der Waals surface area contributed by atoms with Crippen molar-refractivity contribution in [2.75, 3.05) is 19.8 Å². The van der Waals surface area contributed by atoms with Crippen LogP contribution in [0.5, 0.6) is 0 Å². The highest BCUT2D eigenvalue weighted by Gasteiger charge is 2.33. The molecule has 2 unspecified atom stereocenters. The molecule has 246 valence electrons. The van der Waals surface area contributed by atoms with E-state index in [4.69, 9.17) is 14.2 Å². The number of ether oxygens (including phenoxy) is 3. The van der Waals surface area contributed by atoms with Gasteiger partial charge in [-0.15, -0.1) is 0 Å². The van der Waals surface area contributed by atoms with Crippen molar-refractivity contribution in [2.45, 2.75) is 91.4 Å². The zero-order valence-electron chi connectivity index (χ0n) is 27.7. The monoisotopic (exact) mass is 624 g/mol. The molecule has 0 saturated heterocycles. The summed E-state index contributed by atoms with van der Waals surface area (Å²) in [4.78, 5) is 41.9. The van der Waals surface area contributed by atoms with Crippen LogP contribution in [0.25, 0.3) is 11.1 Å². The molecular weight excluding hydrogens is 576 g/mol. The molecule has 0 heterocycles. The van der Waals surface area contributed by atoms with E-state index in [1.807, 2.05) is 38.1 Å². The molecule has 4 N–H and O–H groups in total. The minimum absolute atomic E-state index is 0.0571. The van der Waals surface area contributed by atoms with Gasteiger partial charge in [-0.25, -0.2) is 14.4 Å². The van der Waals surface area contributed by atoms with E-state index in [1.165, 1.54) is 0 Å². The van der Waals surface area contributed by atoms with Crippen molar-refractivity contribution >= 4 is 24.2 Å². The van der Waals surface area contributed by atoms with E-state index in [0.29, 0.717) is 12.8 Å². The van der Waals surface area contributed by atoms with E-state index in [2.05, 4.69) is 45.2 Å². The number of aliphatic imine (C=N–C) groups is 1. The fourth-order valence-electron chi connectivity index (χ4n) is 5.01. The van der Waals surface area contributed by atoms with Gasteiger partial charge in [-0.2, -0.15) is 0 Å². The van der Waals surface area contributed by atoms with E-state index in [9.17, 15) is 19.5 Å². The lowest BCUT2D eigenvalue weighted by molar-refractivity contribution is 0.0544. The van der Waals surface area contributed by atoms with Gasteiger partial charge in [0.1, 0.15) is 17.8 Å². The molecule has 0 saturated carbocycles. The minimum Gasteiger partial charge on any atom is -0.449 e. The van der Waals surface area contributed by atoms with Crippen LogP contribution in [0.15, 0.2) is 53.5 Å². The Kier molecular flexibility index (Phi) is 11.6. The largest absolute Gasteiger partial charge is 0.449 e. The number of amides is 3. The van der Waals surface area contributed by atoms with E-state index in [0.717, 1.165) is 22.3 Å². The van der Waals surface area contributed by atoms with Gasteiger partial charge in [-0.3, -0.25) is 15.6 Å². The first-order valence-electron chi connectivity index (χ1n) is 15.3. The number of fused-ring (bicyclic) bond motifs is 3. The highest BCUT2D eigenvalue weighted by atomic mass is 16.6. The third-order valence-electron chi connectivity index (χ3n) is 7.50. The molecule has 1 aliphatic rings. The van der Waals surface area contributed by atoms with Gasteiger partial charge < -0.3 is 24.6 Å². The number of benzene rings is 2. The van der Waals surface area contributed by atoms with Crippen molar-refractivity contribution in [3.63, 3.8) is 0 Å². The molecule has 1 aliphatic carbocycles. The first-order valence-corrected chi connectivity index (χ1v) is 15.3. The number of alkyl carbamates (subject to hydrolysis) is 3. The van der Waals surface area contributed by atoms with Crippen molar-refractivity contribution in [2.24, 2.45) is 10.4 Å². The van der Waals surface area contributed by atoms with Gasteiger partial charge in [0.15, 0.2) is 0 Å². The summed E-state index contributed by atoms with van der Waals surface area (Å²) < 4.78 is 16.2. The predicted octanol–water partition coefficient (Wildman–Crippen LogP) is 6.10. The van der Waals surface area contributed by atoms with Crippen molar-refractivity contribution in [1.82, 2.24) is 16.0 Å². The molecule has 0 aliphatic heterocycles. The van der Waals surface area contributed by atoms with Gasteiger partial charge in [-0.05, 0) is 83.6 Å². The summed E-state index contributed by atoms with van der Waals surface area (Å²) in [6.07, 6.45) is -1.17. The van der Waals surface area contributed by atoms with E-state index >= 15 is 0 Å². The van der Waals surface area contributed by atoms with Crippen LogP contribution in [0.2, 0.25) is 0 Å². The molecular formula is C34H48N4O7. The van der Waals surface area contributed by atoms with Crippen LogP contribution in [-0.2, 0) is 14.2 Å². The van der Waals surface area contributed by atoms with Crippen LogP contribution < -0.4 is 16.0 Å². The molecule has 0 spiro atoms. The summed E-state index contributed by atoms with van der Waals surface area (Å²) in [5.41, 5.74) is 2.36. The van der Waals surface area contributed by atoms with E-state index in [-0.39, 0.29) is 31.6 Å². The highest BCUT2D eigenvalue weighted by molar-refractivity contribution is 6.01. The molecule has 3 amide bonds. The molecule has 45 heavy (non-hydrogen) atoms. The number of carbonyl (C=O) groups excluding carboxylic acids is 3. The average molecular weight is 625 g/mol. The molecule has 2 aromatic carbocycles. The summed E-state index contributed by atoms with van der Waals surface area (Å²) in [6.45, 7) is 14.2. The molecule has 11 nitrogen and oxygen atoms in total. The summed E-state index contributed by atoms with van der Waals surface area (Å²) >= 11 is 0. The van der Waals surface area contributed by atoms with Crippen molar-refractivity contribution in [3.8, 4) is 11.1 Å². The number of rotatable bonds is 9. The van der Waals surface area contributed by atoms with Crippen LogP contribution in [0, 0.1) is 5.41 Å². The summed E-state index contributed by atoms with van der Waals surface area (Å²) in [5, 5.41) is 18.1. The van der Waals surface area contributed by atoms with Crippen LogP contribution >= 0.6 is 0 Å². The third-order valence-corrected chi connectivity index (χ3v) is 7.50. The molecule has 0 bridgehead atoms. The zero-order chi connectivity index (χ0) is 33.4. The van der Waals surface area contributed by atoms with Crippen molar-refractivity contribution in [3.05, 3.63) is 59.7 Å². The number of aliphatic hydroxyl groups is 1. The number of aliphatic hydroxyl groups excluding tert-OH is 1. The minimum atomic E-state index is -0.779. The number of nitrogens with zero attached hydrogens (tertiary/aromatic N) is 1. The molecule has 11 heteroatoms. The third kappa shape index (κ3) is 10.5. The second-order valence-corrected chi connectivity index (χ2v) is 13.6. The first-order chi connectivity index (χ1) is 21.0. The van der Waals surface area contributed by atoms with Crippen LogP contribution in [0.1, 0.15) is 85.3 Å². The summed E-state index contributed by atoms with van der Waals surface area (Å²) in [7, 11) is 0. The molecule has 0 aromatic heterocycles. The predicted molar refractivity (Wildman–Crippen MR) is 173 cm³/mol. The van der Waals surface area contributed by atoms with Gasteiger partial charge in [-0.1, -0.05) is 55.5 Å². The lowest BCUT2D eigenvalue weighted by Crippen LogP contribution is -2.47. The van der Waals surface area contributed by atoms with Crippen LogP contribution in [0.3, 0.4) is 0 Å². The number of guanidine groups is 1. The van der Waals surface area contributed by atoms with Crippen LogP contribution in [-0.4, -0.2) is 66.3 Å². The molecule has 2 aromatic rings. The number of carbonyl (C=O) groups is 3. The molecule has 0 fully saturated rings. The van der Waals surface area contributed by atoms with E-state index in [1.54, 1.807) is 41.5 Å². The number of nitrogens with one attached hydrogen (secondary N) is 3. The maximum atomic E-state index is 12.9. The first kappa shape index (κ1) is 35.4. The second-order valence-electron chi connectivity index (χ2n) is 13.6. The Bertz CT molecular complexity index is 1300. The van der Waals surface area contributed by atoms with Gasteiger partial charge in [0.25, 0.3) is 0 Å². The topological polar surface area (TPSA) is 148 Å². The SMILES string of the molecule is CC(NC(=O)OCC1c2ccccc2-c2ccccc21)C(C)(CO)CCCN=C(NC(=O)OC(C)(C)C)NC(=O)OC(C)(C)C. The maximum absolute atomic E-state index is 12.9. The Morgan fingerprint density at radius 1 is 0.822 bits per heavy atom. The summed E-state index contributed by atoms with van der Waals surface area (Å²) in [6, 6.07) is 15.8. The Morgan fingerprint density at radius 2 is 1.31 bits per heavy atom. The quantitative estimate of drug-likeness (QED) is 0.114. The molecule has 3 rings (SSSR count).